The van der Waals surface area contributed by atoms with E-state index in [-0.39, 0.29) is 40.9 Å². The van der Waals surface area contributed by atoms with Gasteiger partial charge in [0.1, 0.15) is 11.4 Å². The van der Waals surface area contributed by atoms with Gasteiger partial charge in [-0.05, 0) is 19.1 Å². The van der Waals surface area contributed by atoms with Crippen LogP contribution in [0.1, 0.15) is 11.3 Å². The Labute approximate surface area is 158 Å². The molecule has 10 nitrogen and oxygen atoms in total. The van der Waals surface area contributed by atoms with Gasteiger partial charge in [0, 0.05) is 24.3 Å². The van der Waals surface area contributed by atoms with E-state index in [1.807, 2.05) is 0 Å². The number of nitro groups is 1. The first kappa shape index (κ1) is 20.4. The molecule has 2 rings (SSSR count). The molecule has 3 N–H and O–H groups in total. The largest absolute Gasteiger partial charge is 0.496 e. The summed E-state index contributed by atoms with van der Waals surface area (Å²) in [6.45, 7) is 1.48. The summed E-state index contributed by atoms with van der Waals surface area (Å²) in [5.74, 6) is -0.299. The highest BCUT2D eigenvalue weighted by molar-refractivity contribution is 7.99. The smallest absolute Gasteiger partial charge is 0.296 e. The average Bonchev–Trinajstić information content (AvgIpc) is 2.63. The Morgan fingerprint density at radius 2 is 2.22 bits per heavy atom. The fourth-order valence-corrected chi connectivity index (χ4v) is 2.98. The maximum Gasteiger partial charge on any atom is 0.296 e. The van der Waals surface area contributed by atoms with Crippen molar-refractivity contribution in [3.05, 3.63) is 49.9 Å². The number of aryl methyl sites for hydroxylation is 1. The number of hydrogen-bond donors (Lipinski definition) is 3. The van der Waals surface area contributed by atoms with E-state index in [0.717, 1.165) is 11.8 Å². The number of methoxy groups -OCH3 is 1. The number of aliphatic hydroxyl groups excluding tert-OH is 1. The van der Waals surface area contributed by atoms with Crippen molar-refractivity contribution in [2.45, 2.75) is 18.5 Å². The second-order valence-corrected chi connectivity index (χ2v) is 6.35. The van der Waals surface area contributed by atoms with E-state index in [4.69, 9.17) is 9.84 Å². The minimum Gasteiger partial charge on any atom is -0.496 e. The number of aromatic nitrogens is 2. The number of nitro benzene ring substituents is 1. The predicted octanol–water partition coefficient (Wildman–Crippen LogP) is 1.26. The highest BCUT2D eigenvalue weighted by Gasteiger charge is 2.18. The van der Waals surface area contributed by atoms with E-state index in [2.05, 4.69) is 15.3 Å². The molecular formula is C16H18N4O6S. The lowest BCUT2D eigenvalue weighted by molar-refractivity contribution is -0.384. The zero-order valence-corrected chi connectivity index (χ0v) is 15.5. The van der Waals surface area contributed by atoms with Gasteiger partial charge in [-0.2, -0.15) is 0 Å². The van der Waals surface area contributed by atoms with Crippen molar-refractivity contribution in [3.8, 4) is 5.75 Å². The van der Waals surface area contributed by atoms with Crippen molar-refractivity contribution >= 4 is 29.0 Å². The summed E-state index contributed by atoms with van der Waals surface area (Å²) >= 11 is 0.989. The van der Waals surface area contributed by atoms with Gasteiger partial charge < -0.3 is 20.1 Å². The minimum absolute atomic E-state index is 0.0438. The number of benzene rings is 1. The summed E-state index contributed by atoms with van der Waals surface area (Å²) in [6.07, 6.45) is 0.195. The molecule has 11 heteroatoms. The van der Waals surface area contributed by atoms with Gasteiger partial charge in [-0.15, -0.1) is 0 Å². The van der Waals surface area contributed by atoms with Gasteiger partial charge in [0.15, 0.2) is 5.16 Å². The third-order valence-electron chi connectivity index (χ3n) is 3.58. The third kappa shape index (κ3) is 5.28. The van der Waals surface area contributed by atoms with Crippen molar-refractivity contribution in [1.82, 2.24) is 9.97 Å². The highest BCUT2D eigenvalue weighted by atomic mass is 32.2. The molecule has 0 bridgehead atoms. The summed E-state index contributed by atoms with van der Waals surface area (Å²) in [5.41, 5.74) is 0.248. The maximum atomic E-state index is 12.1. The normalized spacial score (nSPS) is 10.5. The summed E-state index contributed by atoms with van der Waals surface area (Å²) in [5, 5.41) is 22.8. The average molecular weight is 394 g/mol. The molecule has 1 aromatic carbocycles. The molecule has 144 valence electrons. The first-order valence-corrected chi connectivity index (χ1v) is 8.80. The SMILES string of the molecule is COc1ccc(NC(=O)CSc2nc(C)c(CCO)c(=O)[nH]2)c([N+](=O)[O-])c1. The number of nitrogens with one attached hydrogen (secondary N) is 2. The van der Waals surface area contributed by atoms with Crippen molar-refractivity contribution in [3.63, 3.8) is 0 Å². The molecule has 0 atom stereocenters. The molecule has 1 aromatic heterocycles. The van der Waals surface area contributed by atoms with E-state index in [0.29, 0.717) is 17.0 Å². The van der Waals surface area contributed by atoms with Gasteiger partial charge in [0.25, 0.3) is 11.2 Å². The topological polar surface area (TPSA) is 147 Å². The van der Waals surface area contributed by atoms with Crippen LogP contribution >= 0.6 is 11.8 Å². The zero-order chi connectivity index (χ0) is 20.0. The number of anilines is 1. The lowest BCUT2D eigenvalue weighted by atomic mass is 10.2. The standard InChI is InChI=1S/C16H18N4O6S/c1-9-11(5-6-21)15(23)19-16(17-9)27-8-14(22)18-12-4-3-10(26-2)7-13(12)20(24)25/h3-4,7,21H,5-6,8H2,1-2H3,(H,18,22)(H,17,19,23). The first-order chi connectivity index (χ1) is 12.8. The molecule has 0 aliphatic rings. The number of H-pyrrole nitrogens is 1. The van der Waals surface area contributed by atoms with Gasteiger partial charge in [-0.1, -0.05) is 11.8 Å². The molecule has 0 aliphatic carbocycles. The number of amides is 1. The number of nitrogens with zero attached hydrogens (tertiary/aromatic N) is 2. The Hall–Kier alpha value is -2.92. The molecule has 0 saturated heterocycles. The number of hydrogen-bond acceptors (Lipinski definition) is 8. The Kier molecular flexibility index (Phi) is 6.91. The third-order valence-corrected chi connectivity index (χ3v) is 4.45. The van der Waals surface area contributed by atoms with Crippen molar-refractivity contribution in [2.75, 3.05) is 24.8 Å². The molecule has 0 radical (unpaired) electrons. The summed E-state index contributed by atoms with van der Waals surface area (Å²) < 4.78 is 4.94. The van der Waals surface area contributed by atoms with E-state index >= 15 is 0 Å². The van der Waals surface area contributed by atoms with E-state index in [9.17, 15) is 19.7 Å². The Balaban J connectivity index is 2.07. The van der Waals surface area contributed by atoms with E-state index in [1.54, 1.807) is 6.92 Å². The number of carbonyl (C=O) groups is 1. The van der Waals surface area contributed by atoms with Gasteiger partial charge in [-0.25, -0.2) is 4.98 Å². The monoisotopic (exact) mass is 394 g/mol. The van der Waals surface area contributed by atoms with Gasteiger partial charge in [-0.3, -0.25) is 19.7 Å². The molecular weight excluding hydrogens is 376 g/mol. The summed E-state index contributed by atoms with van der Waals surface area (Å²) in [7, 11) is 1.38. The Morgan fingerprint density at radius 3 is 2.81 bits per heavy atom. The molecule has 27 heavy (non-hydrogen) atoms. The number of rotatable bonds is 8. The molecule has 1 amide bonds. The van der Waals surface area contributed by atoms with Crippen LogP contribution < -0.4 is 15.6 Å². The van der Waals surface area contributed by atoms with Crippen LogP contribution in [-0.2, 0) is 11.2 Å². The molecule has 0 fully saturated rings. The molecule has 0 aliphatic heterocycles. The molecule has 0 unspecified atom stereocenters. The first-order valence-electron chi connectivity index (χ1n) is 7.81. The molecule has 0 spiro atoms. The second kappa shape index (κ2) is 9.14. The second-order valence-electron chi connectivity index (χ2n) is 5.39. The fourth-order valence-electron chi connectivity index (χ4n) is 2.27. The number of aliphatic hydroxyl groups is 1. The van der Waals surface area contributed by atoms with Crippen LogP contribution in [0.3, 0.4) is 0 Å². The summed E-state index contributed by atoms with van der Waals surface area (Å²) in [4.78, 5) is 41.3. The number of carbonyl (C=O) groups excluding carboxylic acids is 1. The Morgan fingerprint density at radius 1 is 1.48 bits per heavy atom. The predicted molar refractivity (Wildman–Crippen MR) is 99.4 cm³/mol. The van der Waals surface area contributed by atoms with Crippen LogP contribution in [0.15, 0.2) is 28.2 Å². The van der Waals surface area contributed by atoms with Crippen LogP contribution in [0.5, 0.6) is 5.75 Å². The lowest BCUT2D eigenvalue weighted by Crippen LogP contribution is -2.20. The van der Waals surface area contributed by atoms with Crippen LogP contribution in [-0.4, -0.2) is 45.4 Å². The molecule has 2 aromatic rings. The maximum absolute atomic E-state index is 12.1. The quantitative estimate of drug-likeness (QED) is 0.262. The van der Waals surface area contributed by atoms with Crippen molar-refractivity contribution in [1.29, 1.82) is 0 Å². The lowest BCUT2D eigenvalue weighted by Gasteiger charge is -2.08. The van der Waals surface area contributed by atoms with Gasteiger partial charge in [0.05, 0.1) is 23.9 Å². The van der Waals surface area contributed by atoms with Crippen LogP contribution in [0, 0.1) is 17.0 Å². The van der Waals surface area contributed by atoms with Crippen LogP contribution in [0.4, 0.5) is 11.4 Å². The van der Waals surface area contributed by atoms with E-state index < -0.39 is 10.8 Å². The highest BCUT2D eigenvalue weighted by Crippen LogP contribution is 2.29. The van der Waals surface area contributed by atoms with Crippen molar-refractivity contribution < 1.29 is 19.6 Å². The Bertz CT molecular complexity index is 914. The number of thioether (sulfide) groups is 1. The zero-order valence-electron chi connectivity index (χ0n) is 14.6. The van der Waals surface area contributed by atoms with Crippen molar-refractivity contribution in [2.24, 2.45) is 0 Å². The van der Waals surface area contributed by atoms with Gasteiger partial charge >= 0.3 is 0 Å². The van der Waals surface area contributed by atoms with Crippen LogP contribution in [0.2, 0.25) is 0 Å². The van der Waals surface area contributed by atoms with Crippen LogP contribution in [0.25, 0.3) is 0 Å². The molecule has 0 saturated carbocycles. The summed E-state index contributed by atoms with van der Waals surface area (Å²) in [6, 6.07) is 4.09. The number of aromatic amines is 1. The minimum atomic E-state index is -0.617. The fraction of sp³-hybridized carbons (Fsp3) is 0.312. The molecule has 1 heterocycles. The van der Waals surface area contributed by atoms with Gasteiger partial charge in [0.2, 0.25) is 5.91 Å². The van der Waals surface area contributed by atoms with E-state index in [1.165, 1.54) is 25.3 Å². The number of ether oxygens (including phenoxy) is 1.